The molecule has 1 aromatic carbocycles. The maximum Gasteiger partial charge on any atom is 0.360 e. The second kappa shape index (κ2) is 4.70. The van der Waals surface area contributed by atoms with Gasteiger partial charge in [-0.2, -0.15) is 0 Å². The molecule has 2 heterocycles. The SMILES string of the molecule is O=C(Nc1cc2ccccc2oc1=O)c1cccs1. The van der Waals surface area contributed by atoms with E-state index in [4.69, 9.17) is 4.42 Å². The zero-order valence-corrected chi connectivity index (χ0v) is 10.6. The minimum absolute atomic E-state index is 0.150. The van der Waals surface area contributed by atoms with Crippen molar-refractivity contribution in [2.45, 2.75) is 0 Å². The van der Waals surface area contributed by atoms with Gasteiger partial charge in [-0.15, -0.1) is 11.3 Å². The Hall–Kier alpha value is -2.40. The Kier molecular flexibility index (Phi) is 2.89. The summed E-state index contributed by atoms with van der Waals surface area (Å²) < 4.78 is 5.14. The molecule has 0 unspecified atom stereocenters. The average Bonchev–Trinajstić information content (AvgIpc) is 2.93. The number of rotatable bonds is 2. The van der Waals surface area contributed by atoms with Crippen LogP contribution in [0.25, 0.3) is 11.0 Å². The number of thiophene rings is 1. The van der Waals surface area contributed by atoms with Gasteiger partial charge in [0.25, 0.3) is 5.91 Å². The van der Waals surface area contributed by atoms with E-state index in [1.807, 2.05) is 12.1 Å². The molecule has 3 aromatic rings. The molecule has 0 aliphatic rings. The van der Waals surface area contributed by atoms with Crippen LogP contribution in [0.2, 0.25) is 0 Å². The van der Waals surface area contributed by atoms with E-state index in [0.717, 1.165) is 5.39 Å². The first kappa shape index (κ1) is 11.7. The van der Waals surface area contributed by atoms with E-state index in [-0.39, 0.29) is 11.6 Å². The van der Waals surface area contributed by atoms with E-state index in [1.54, 1.807) is 35.7 Å². The van der Waals surface area contributed by atoms with E-state index < -0.39 is 5.63 Å². The molecule has 0 atom stereocenters. The first-order valence-corrected chi connectivity index (χ1v) is 6.50. The maximum absolute atomic E-state index is 11.9. The van der Waals surface area contributed by atoms with Crippen LogP contribution < -0.4 is 10.9 Å². The van der Waals surface area contributed by atoms with Crippen molar-refractivity contribution in [1.82, 2.24) is 0 Å². The summed E-state index contributed by atoms with van der Waals surface area (Å²) in [6.07, 6.45) is 0. The van der Waals surface area contributed by atoms with E-state index in [1.165, 1.54) is 11.3 Å². The molecule has 0 bridgehead atoms. The monoisotopic (exact) mass is 271 g/mol. The van der Waals surface area contributed by atoms with Crippen LogP contribution in [0.15, 0.2) is 57.1 Å². The summed E-state index contributed by atoms with van der Waals surface area (Å²) >= 11 is 1.32. The van der Waals surface area contributed by atoms with Crippen molar-refractivity contribution >= 4 is 33.9 Å². The summed E-state index contributed by atoms with van der Waals surface area (Å²) in [7, 11) is 0. The molecule has 0 spiro atoms. The topological polar surface area (TPSA) is 59.3 Å². The number of hydrogen-bond donors (Lipinski definition) is 1. The maximum atomic E-state index is 11.9. The largest absolute Gasteiger partial charge is 0.421 e. The van der Waals surface area contributed by atoms with Gasteiger partial charge in [-0.3, -0.25) is 4.79 Å². The third-order valence-electron chi connectivity index (χ3n) is 2.63. The Morgan fingerprint density at radius 1 is 1.16 bits per heavy atom. The highest BCUT2D eigenvalue weighted by Crippen LogP contribution is 2.16. The third-order valence-corrected chi connectivity index (χ3v) is 3.50. The van der Waals surface area contributed by atoms with E-state index in [0.29, 0.717) is 10.5 Å². The molecule has 0 aliphatic heterocycles. The van der Waals surface area contributed by atoms with Gasteiger partial charge in [0.15, 0.2) is 0 Å². The predicted octanol–water partition coefficient (Wildman–Crippen LogP) is 3.11. The Labute approximate surface area is 112 Å². The highest BCUT2D eigenvalue weighted by atomic mass is 32.1. The normalized spacial score (nSPS) is 10.5. The standard InChI is InChI=1S/C14H9NO3S/c16-13(12-6-3-7-19-12)15-10-8-9-4-1-2-5-11(9)18-14(10)17/h1-8H,(H,15,16). The fourth-order valence-corrected chi connectivity index (χ4v) is 2.36. The van der Waals surface area contributed by atoms with E-state index >= 15 is 0 Å². The first-order valence-electron chi connectivity index (χ1n) is 5.62. The molecule has 5 heteroatoms. The molecule has 2 aromatic heterocycles. The van der Waals surface area contributed by atoms with Crippen molar-refractivity contribution in [3.63, 3.8) is 0 Å². The number of fused-ring (bicyclic) bond motifs is 1. The lowest BCUT2D eigenvalue weighted by molar-refractivity contribution is 0.103. The fraction of sp³-hybridized carbons (Fsp3) is 0. The van der Waals surface area contributed by atoms with Gasteiger partial charge in [-0.25, -0.2) is 4.79 Å². The first-order chi connectivity index (χ1) is 9.24. The van der Waals surface area contributed by atoms with Crippen molar-refractivity contribution in [2.24, 2.45) is 0 Å². The molecule has 0 saturated heterocycles. The Morgan fingerprint density at radius 2 is 2.00 bits per heavy atom. The number of benzene rings is 1. The summed E-state index contributed by atoms with van der Waals surface area (Å²) in [6, 6.07) is 12.3. The van der Waals surface area contributed by atoms with E-state index in [9.17, 15) is 9.59 Å². The molecule has 1 amide bonds. The Balaban J connectivity index is 1.99. The van der Waals surface area contributed by atoms with Crippen LogP contribution >= 0.6 is 11.3 Å². The summed E-state index contributed by atoms with van der Waals surface area (Å²) in [5, 5.41) is 5.14. The lowest BCUT2D eigenvalue weighted by Crippen LogP contribution is -2.16. The van der Waals surface area contributed by atoms with Crippen LogP contribution in [0.4, 0.5) is 5.69 Å². The smallest absolute Gasteiger partial charge is 0.360 e. The van der Waals surface area contributed by atoms with Crippen LogP contribution in [-0.4, -0.2) is 5.91 Å². The van der Waals surface area contributed by atoms with Crippen molar-refractivity contribution < 1.29 is 9.21 Å². The van der Waals surface area contributed by atoms with Crippen molar-refractivity contribution in [3.8, 4) is 0 Å². The quantitative estimate of drug-likeness (QED) is 0.728. The van der Waals surface area contributed by atoms with Crippen LogP contribution in [0, 0.1) is 0 Å². The zero-order valence-electron chi connectivity index (χ0n) is 9.75. The van der Waals surface area contributed by atoms with Crippen molar-refractivity contribution in [1.29, 1.82) is 0 Å². The molecule has 0 fully saturated rings. The van der Waals surface area contributed by atoms with Gasteiger partial charge in [-0.1, -0.05) is 24.3 Å². The molecular weight excluding hydrogens is 262 g/mol. The van der Waals surface area contributed by atoms with Gasteiger partial charge in [0.2, 0.25) is 0 Å². The van der Waals surface area contributed by atoms with E-state index in [2.05, 4.69) is 5.32 Å². The summed E-state index contributed by atoms with van der Waals surface area (Å²) in [6.45, 7) is 0. The van der Waals surface area contributed by atoms with Crippen LogP contribution in [0.3, 0.4) is 0 Å². The second-order valence-electron chi connectivity index (χ2n) is 3.92. The number of carbonyl (C=O) groups excluding carboxylic acids is 1. The minimum atomic E-state index is -0.552. The van der Waals surface area contributed by atoms with Crippen LogP contribution in [-0.2, 0) is 0 Å². The minimum Gasteiger partial charge on any atom is -0.421 e. The number of hydrogen-bond acceptors (Lipinski definition) is 4. The molecular formula is C14H9NO3S. The lowest BCUT2D eigenvalue weighted by atomic mass is 10.2. The second-order valence-corrected chi connectivity index (χ2v) is 4.86. The Morgan fingerprint density at radius 3 is 2.79 bits per heavy atom. The zero-order chi connectivity index (χ0) is 13.2. The molecule has 19 heavy (non-hydrogen) atoms. The highest BCUT2D eigenvalue weighted by Gasteiger charge is 2.11. The fourth-order valence-electron chi connectivity index (χ4n) is 1.74. The molecule has 3 rings (SSSR count). The predicted molar refractivity (Wildman–Crippen MR) is 74.8 cm³/mol. The molecule has 0 aliphatic carbocycles. The molecule has 94 valence electrons. The van der Waals surface area contributed by atoms with Crippen molar-refractivity contribution in [2.75, 3.05) is 5.32 Å². The highest BCUT2D eigenvalue weighted by molar-refractivity contribution is 7.12. The molecule has 4 nitrogen and oxygen atoms in total. The summed E-state index contributed by atoms with van der Waals surface area (Å²) in [5.41, 5.74) is 0.0994. The summed E-state index contributed by atoms with van der Waals surface area (Å²) in [4.78, 5) is 24.2. The van der Waals surface area contributed by atoms with Crippen LogP contribution in [0.5, 0.6) is 0 Å². The van der Waals surface area contributed by atoms with Crippen LogP contribution in [0.1, 0.15) is 9.67 Å². The van der Waals surface area contributed by atoms with Gasteiger partial charge in [0, 0.05) is 5.39 Å². The van der Waals surface area contributed by atoms with Gasteiger partial charge in [0.05, 0.1) is 4.88 Å². The number of para-hydroxylation sites is 1. The number of carbonyl (C=O) groups is 1. The number of anilines is 1. The molecule has 1 N–H and O–H groups in total. The lowest BCUT2D eigenvalue weighted by Gasteiger charge is -2.03. The van der Waals surface area contributed by atoms with Gasteiger partial charge in [-0.05, 0) is 23.6 Å². The average molecular weight is 271 g/mol. The van der Waals surface area contributed by atoms with Crippen molar-refractivity contribution in [3.05, 3.63) is 63.1 Å². The summed E-state index contributed by atoms with van der Waals surface area (Å²) in [5.74, 6) is -0.308. The number of nitrogens with one attached hydrogen (secondary N) is 1. The third kappa shape index (κ3) is 2.28. The van der Waals surface area contributed by atoms with Gasteiger partial charge < -0.3 is 9.73 Å². The molecule has 0 radical (unpaired) electrons. The Bertz CT molecular complexity index is 790. The number of amides is 1. The van der Waals surface area contributed by atoms with Gasteiger partial charge >= 0.3 is 5.63 Å². The van der Waals surface area contributed by atoms with Gasteiger partial charge in [0.1, 0.15) is 11.3 Å². The molecule has 0 saturated carbocycles.